The second kappa shape index (κ2) is 7.05. The Morgan fingerprint density at radius 3 is 2.60 bits per heavy atom. The van der Waals surface area contributed by atoms with Crippen molar-refractivity contribution >= 4 is 15.7 Å². The van der Waals surface area contributed by atoms with Crippen LogP contribution in [0.2, 0.25) is 0 Å². The average molecular weight is 442 g/mol. The number of aryl methyl sites for hydroxylation is 2. The largest absolute Gasteiger partial charge is 0.433 e. The normalized spacial score (nSPS) is 18.5. The van der Waals surface area contributed by atoms with Crippen LogP contribution in [0.4, 0.5) is 13.2 Å². The van der Waals surface area contributed by atoms with Gasteiger partial charge < -0.3 is 0 Å². The first-order valence-corrected chi connectivity index (χ1v) is 10.9. The number of aromatic nitrogens is 5. The molecule has 0 N–H and O–H groups in total. The van der Waals surface area contributed by atoms with Gasteiger partial charge in [0.2, 0.25) is 10.0 Å². The van der Waals surface area contributed by atoms with E-state index in [1.165, 1.54) is 23.5 Å². The topological polar surface area (TPSA) is 85.4 Å². The Hall–Kier alpha value is -2.47. The molecule has 0 spiro atoms. The van der Waals surface area contributed by atoms with Crippen molar-refractivity contribution in [1.82, 2.24) is 28.7 Å². The first-order valence-electron chi connectivity index (χ1n) is 9.49. The van der Waals surface area contributed by atoms with Crippen LogP contribution in [0.3, 0.4) is 0 Å². The number of alkyl halides is 3. The fourth-order valence-electron chi connectivity index (χ4n) is 3.85. The number of sulfonamides is 1. The third kappa shape index (κ3) is 3.37. The highest BCUT2D eigenvalue weighted by molar-refractivity contribution is 7.89. The van der Waals surface area contributed by atoms with E-state index < -0.39 is 21.9 Å². The molecule has 0 amide bonds. The van der Waals surface area contributed by atoms with Crippen LogP contribution in [0, 0.1) is 13.8 Å². The summed E-state index contributed by atoms with van der Waals surface area (Å²) in [6.07, 6.45) is -2.77. The molecule has 3 aromatic heterocycles. The van der Waals surface area contributed by atoms with Crippen LogP contribution < -0.4 is 0 Å². The summed E-state index contributed by atoms with van der Waals surface area (Å²) in [7, 11) is -3.75. The molecule has 1 atom stereocenters. The lowest BCUT2D eigenvalue weighted by Gasteiger charge is -2.16. The minimum absolute atomic E-state index is 0.0960. The van der Waals surface area contributed by atoms with Crippen LogP contribution in [0.5, 0.6) is 0 Å². The number of rotatable bonds is 4. The zero-order chi connectivity index (χ0) is 21.8. The van der Waals surface area contributed by atoms with Gasteiger partial charge in [-0.3, -0.25) is 4.68 Å². The summed E-state index contributed by atoms with van der Waals surface area (Å²) >= 11 is 0. The minimum Gasteiger partial charge on any atom is -0.269 e. The Bertz CT molecular complexity index is 1210. The summed E-state index contributed by atoms with van der Waals surface area (Å²) in [6.45, 7) is 6.02. The Labute approximate surface area is 171 Å². The average Bonchev–Trinajstić information content (AvgIpc) is 3.37. The van der Waals surface area contributed by atoms with Gasteiger partial charge in [-0.2, -0.15) is 27.7 Å². The molecule has 8 nitrogen and oxygen atoms in total. The van der Waals surface area contributed by atoms with Gasteiger partial charge in [-0.25, -0.2) is 17.9 Å². The van der Waals surface area contributed by atoms with Crippen LogP contribution in [-0.4, -0.2) is 50.2 Å². The summed E-state index contributed by atoms with van der Waals surface area (Å²) in [4.78, 5) is 4.29. The summed E-state index contributed by atoms with van der Waals surface area (Å²) in [6, 6.07) is 2.45. The fourth-order valence-corrected chi connectivity index (χ4v) is 5.51. The Balaban J connectivity index is 1.65. The van der Waals surface area contributed by atoms with Crippen molar-refractivity contribution in [2.24, 2.45) is 0 Å². The molecule has 0 aliphatic carbocycles. The maximum atomic E-state index is 13.4. The van der Waals surface area contributed by atoms with Gasteiger partial charge in [0.1, 0.15) is 10.6 Å². The lowest BCUT2D eigenvalue weighted by molar-refractivity contribution is -0.142. The number of hydrogen-bond acceptors (Lipinski definition) is 5. The SMILES string of the molecule is CCn1ncc(S(=O)(=O)N2CC[C@@H](c3cc4nc(C)cc(C(F)(F)F)n4n3)C2)c1C. The van der Waals surface area contributed by atoms with Gasteiger partial charge in [0.15, 0.2) is 5.65 Å². The number of fused-ring (bicyclic) bond motifs is 1. The van der Waals surface area contributed by atoms with Crippen LogP contribution in [0.15, 0.2) is 23.2 Å². The van der Waals surface area contributed by atoms with E-state index in [1.807, 2.05) is 6.92 Å². The van der Waals surface area contributed by atoms with Crippen molar-refractivity contribution < 1.29 is 21.6 Å². The van der Waals surface area contributed by atoms with Crippen molar-refractivity contribution in [1.29, 1.82) is 0 Å². The van der Waals surface area contributed by atoms with E-state index >= 15 is 0 Å². The third-order valence-electron chi connectivity index (χ3n) is 5.41. The second-order valence-electron chi connectivity index (χ2n) is 7.38. The molecule has 3 aromatic rings. The minimum atomic E-state index is -4.57. The summed E-state index contributed by atoms with van der Waals surface area (Å²) in [5.41, 5.74) is 0.390. The predicted molar refractivity (Wildman–Crippen MR) is 101 cm³/mol. The van der Waals surface area contributed by atoms with Crippen LogP contribution >= 0.6 is 0 Å². The van der Waals surface area contributed by atoms with Gasteiger partial charge >= 0.3 is 6.18 Å². The van der Waals surface area contributed by atoms with Gasteiger partial charge in [0.25, 0.3) is 0 Å². The van der Waals surface area contributed by atoms with Crippen molar-refractivity contribution in [3.8, 4) is 0 Å². The molecule has 4 heterocycles. The molecule has 0 bridgehead atoms. The van der Waals surface area contributed by atoms with Gasteiger partial charge in [0, 0.05) is 37.3 Å². The standard InChI is InChI=1S/C18H21F3N6O2S/c1-4-26-12(3)15(9-22-26)30(28,29)25-6-5-13(10-25)14-8-17-23-11(2)7-16(18(19,20)21)27(17)24-14/h7-9,13H,4-6,10H2,1-3H3/t13-/m1/s1. The van der Waals surface area contributed by atoms with E-state index in [2.05, 4.69) is 15.2 Å². The maximum Gasteiger partial charge on any atom is 0.433 e. The molecule has 30 heavy (non-hydrogen) atoms. The number of hydrogen-bond donors (Lipinski definition) is 0. The highest BCUT2D eigenvalue weighted by Gasteiger charge is 2.38. The summed E-state index contributed by atoms with van der Waals surface area (Å²) in [5, 5.41) is 8.22. The smallest absolute Gasteiger partial charge is 0.269 e. The molecular formula is C18H21F3N6O2S. The second-order valence-corrected chi connectivity index (χ2v) is 9.28. The molecular weight excluding hydrogens is 421 g/mol. The molecule has 4 rings (SSSR count). The van der Waals surface area contributed by atoms with Crippen LogP contribution in [0.25, 0.3) is 5.65 Å². The van der Waals surface area contributed by atoms with Crippen LogP contribution in [-0.2, 0) is 22.7 Å². The molecule has 1 aliphatic heterocycles. The van der Waals surface area contributed by atoms with Crippen molar-refractivity contribution in [3.63, 3.8) is 0 Å². The molecule has 1 aliphatic rings. The van der Waals surface area contributed by atoms with E-state index in [0.717, 1.165) is 10.6 Å². The predicted octanol–water partition coefficient (Wildman–Crippen LogP) is 2.76. The molecule has 1 saturated heterocycles. The summed E-state index contributed by atoms with van der Waals surface area (Å²) < 4.78 is 70.0. The molecule has 0 aromatic carbocycles. The van der Waals surface area contributed by atoms with Crippen LogP contribution in [0.1, 0.15) is 42.0 Å². The van der Waals surface area contributed by atoms with Crippen molar-refractivity contribution in [2.75, 3.05) is 13.1 Å². The van der Waals surface area contributed by atoms with Gasteiger partial charge in [-0.15, -0.1) is 0 Å². The Morgan fingerprint density at radius 2 is 1.97 bits per heavy atom. The third-order valence-corrected chi connectivity index (χ3v) is 7.38. The Kier molecular flexibility index (Phi) is 4.88. The first-order chi connectivity index (χ1) is 14.0. The Morgan fingerprint density at radius 1 is 1.23 bits per heavy atom. The summed E-state index contributed by atoms with van der Waals surface area (Å²) in [5.74, 6) is -0.315. The zero-order valence-electron chi connectivity index (χ0n) is 16.7. The van der Waals surface area contributed by atoms with E-state index in [-0.39, 0.29) is 35.2 Å². The molecule has 0 unspecified atom stereocenters. The van der Waals surface area contributed by atoms with E-state index in [4.69, 9.17) is 0 Å². The highest BCUT2D eigenvalue weighted by Crippen LogP contribution is 2.34. The maximum absolute atomic E-state index is 13.4. The molecule has 162 valence electrons. The van der Waals surface area contributed by atoms with Crippen molar-refractivity contribution in [2.45, 2.75) is 50.7 Å². The van der Waals surface area contributed by atoms with Gasteiger partial charge in [-0.05, 0) is 33.3 Å². The van der Waals surface area contributed by atoms with E-state index in [1.54, 1.807) is 11.6 Å². The first kappa shape index (κ1) is 20.8. The molecule has 0 radical (unpaired) electrons. The van der Waals surface area contributed by atoms with Gasteiger partial charge in [0.05, 0.1) is 17.6 Å². The van der Waals surface area contributed by atoms with E-state index in [9.17, 15) is 21.6 Å². The lowest BCUT2D eigenvalue weighted by atomic mass is 10.1. The number of nitrogens with zero attached hydrogens (tertiary/aromatic N) is 6. The molecule has 0 saturated carbocycles. The highest BCUT2D eigenvalue weighted by atomic mass is 32.2. The van der Waals surface area contributed by atoms with E-state index in [0.29, 0.717) is 24.4 Å². The lowest BCUT2D eigenvalue weighted by Crippen LogP contribution is -2.29. The monoisotopic (exact) mass is 442 g/mol. The zero-order valence-corrected chi connectivity index (χ0v) is 17.5. The fraction of sp³-hybridized carbons (Fsp3) is 0.500. The molecule has 1 fully saturated rings. The van der Waals surface area contributed by atoms with Crippen molar-refractivity contribution in [3.05, 3.63) is 41.1 Å². The molecule has 12 heteroatoms. The number of halogens is 3. The van der Waals surface area contributed by atoms with Gasteiger partial charge in [-0.1, -0.05) is 0 Å². The quantitative estimate of drug-likeness (QED) is 0.620.